The molecule has 0 radical (unpaired) electrons. The van der Waals surface area contributed by atoms with Gasteiger partial charge in [0.15, 0.2) is 0 Å². The molecule has 7 nitrogen and oxygen atoms in total. The van der Waals surface area contributed by atoms with Gasteiger partial charge in [0.25, 0.3) is 5.97 Å². The van der Waals surface area contributed by atoms with Crippen LogP contribution in [0.4, 0.5) is 0 Å². The van der Waals surface area contributed by atoms with Gasteiger partial charge < -0.3 is 35.0 Å². The van der Waals surface area contributed by atoms with Crippen LogP contribution in [0.1, 0.15) is 40.0 Å². The zero-order valence-electron chi connectivity index (χ0n) is 13.0. The second-order valence-corrected chi connectivity index (χ2v) is 8.25. The molecule has 0 aromatic carbocycles. The molecule has 8 atom stereocenters. The molecule has 2 saturated carbocycles. The predicted molar refractivity (Wildman–Crippen MR) is 72.4 cm³/mol. The monoisotopic (exact) mass is 316 g/mol. The van der Waals surface area contributed by atoms with E-state index < -0.39 is 45.8 Å². The van der Waals surface area contributed by atoms with Crippen LogP contribution in [0, 0.1) is 10.8 Å². The first-order valence-corrected chi connectivity index (χ1v) is 7.76. The van der Waals surface area contributed by atoms with Crippen LogP contribution in [0.3, 0.4) is 0 Å². The summed E-state index contributed by atoms with van der Waals surface area (Å²) in [6.45, 7) is 4.58. The first kappa shape index (κ1) is 15.3. The van der Waals surface area contributed by atoms with Gasteiger partial charge in [-0.2, -0.15) is 0 Å². The van der Waals surface area contributed by atoms with Gasteiger partial charge in [-0.25, -0.2) is 0 Å². The number of aliphatic hydroxyl groups is 5. The molecule has 2 aliphatic carbocycles. The first-order chi connectivity index (χ1) is 9.87. The Morgan fingerprint density at radius 3 is 2.27 bits per heavy atom. The van der Waals surface area contributed by atoms with Crippen LogP contribution in [0.5, 0.6) is 0 Å². The molecule has 0 unspecified atom stereocenters. The fourth-order valence-electron chi connectivity index (χ4n) is 5.77. The Bertz CT molecular complexity index is 548. The van der Waals surface area contributed by atoms with Gasteiger partial charge in [0.2, 0.25) is 0 Å². The van der Waals surface area contributed by atoms with Crippen molar-refractivity contribution < 1.29 is 35.0 Å². The molecule has 22 heavy (non-hydrogen) atoms. The Morgan fingerprint density at radius 2 is 1.64 bits per heavy atom. The van der Waals surface area contributed by atoms with E-state index in [0.29, 0.717) is 0 Å². The summed E-state index contributed by atoms with van der Waals surface area (Å²) in [5.41, 5.74) is -7.26. The molecular weight excluding hydrogens is 292 g/mol. The number of aliphatic hydroxyl groups excluding tert-OH is 1. The van der Waals surface area contributed by atoms with Crippen LogP contribution in [0.25, 0.3) is 0 Å². The van der Waals surface area contributed by atoms with Gasteiger partial charge in [-0.1, -0.05) is 6.92 Å². The van der Waals surface area contributed by atoms with Gasteiger partial charge in [-0.3, -0.25) is 0 Å². The molecular formula is C15H24O7. The van der Waals surface area contributed by atoms with Gasteiger partial charge >= 0.3 is 0 Å². The van der Waals surface area contributed by atoms with E-state index in [9.17, 15) is 25.5 Å². The lowest BCUT2D eigenvalue weighted by atomic mass is 9.43. The van der Waals surface area contributed by atoms with Crippen molar-refractivity contribution in [3.8, 4) is 0 Å². The normalized spacial score (nSPS) is 69.8. The number of hydrogen-bond acceptors (Lipinski definition) is 7. The topological polar surface area (TPSA) is 120 Å². The van der Waals surface area contributed by atoms with Gasteiger partial charge in [-0.15, -0.1) is 0 Å². The molecule has 5 N–H and O–H groups in total. The van der Waals surface area contributed by atoms with Crippen molar-refractivity contribution in [3.63, 3.8) is 0 Å². The van der Waals surface area contributed by atoms with E-state index in [2.05, 4.69) is 0 Å². The second-order valence-electron chi connectivity index (χ2n) is 8.25. The van der Waals surface area contributed by atoms with Crippen LogP contribution in [-0.2, 0) is 9.47 Å². The van der Waals surface area contributed by atoms with Crippen LogP contribution >= 0.6 is 0 Å². The Balaban J connectivity index is 2.08. The second kappa shape index (κ2) is 3.54. The molecule has 7 heteroatoms. The van der Waals surface area contributed by atoms with E-state index in [1.807, 2.05) is 0 Å². The maximum Gasteiger partial charge on any atom is 0.281 e. The zero-order valence-corrected chi connectivity index (χ0v) is 13.0. The SMILES string of the molecule is C[C@@]12CO[C@@]3(O)C[C@]4([C@H](O)[C@@H](O3)[C@]1(C)O)[C@]2(O)CC[C@]4(C)O. The van der Waals surface area contributed by atoms with Crippen molar-refractivity contribution >= 4 is 0 Å². The highest BCUT2D eigenvalue weighted by molar-refractivity contribution is 5.33. The van der Waals surface area contributed by atoms with E-state index in [4.69, 9.17) is 9.47 Å². The third-order valence-electron chi connectivity index (χ3n) is 7.45. The smallest absolute Gasteiger partial charge is 0.281 e. The molecule has 5 rings (SSSR count). The third kappa shape index (κ3) is 1.17. The molecule has 0 aromatic heterocycles. The lowest BCUT2D eigenvalue weighted by Gasteiger charge is -2.68. The Kier molecular flexibility index (Phi) is 2.45. The van der Waals surface area contributed by atoms with Crippen molar-refractivity contribution in [1.29, 1.82) is 0 Å². The van der Waals surface area contributed by atoms with E-state index in [1.165, 1.54) is 6.92 Å². The predicted octanol–water partition coefficient (Wildman–Crippen LogP) is -1.15. The maximum absolute atomic E-state index is 11.6. The Morgan fingerprint density at radius 1 is 1.00 bits per heavy atom. The summed E-state index contributed by atoms with van der Waals surface area (Å²) in [6.07, 6.45) is -2.26. The van der Waals surface area contributed by atoms with Gasteiger partial charge in [0.1, 0.15) is 11.7 Å². The minimum Gasteiger partial charge on any atom is -0.389 e. The average molecular weight is 316 g/mol. The first-order valence-electron chi connectivity index (χ1n) is 7.76. The Hall–Kier alpha value is -0.280. The average Bonchev–Trinajstić information content (AvgIpc) is 2.53. The van der Waals surface area contributed by atoms with Gasteiger partial charge in [-0.05, 0) is 26.7 Å². The summed E-state index contributed by atoms with van der Waals surface area (Å²) in [6, 6.07) is 0. The molecule has 5 fully saturated rings. The van der Waals surface area contributed by atoms with E-state index in [0.717, 1.165) is 0 Å². The summed E-state index contributed by atoms with van der Waals surface area (Å²) >= 11 is 0. The number of hydrogen-bond donors (Lipinski definition) is 5. The highest BCUT2D eigenvalue weighted by Gasteiger charge is 2.87. The molecule has 1 spiro atoms. The van der Waals surface area contributed by atoms with E-state index in [-0.39, 0.29) is 25.9 Å². The van der Waals surface area contributed by atoms with Crippen molar-refractivity contribution in [1.82, 2.24) is 0 Å². The lowest BCUT2D eigenvalue weighted by molar-refractivity contribution is -0.450. The number of rotatable bonds is 0. The van der Waals surface area contributed by atoms with E-state index >= 15 is 0 Å². The zero-order chi connectivity index (χ0) is 16.4. The highest BCUT2D eigenvalue weighted by atomic mass is 16.8. The van der Waals surface area contributed by atoms with Crippen molar-refractivity contribution in [2.24, 2.45) is 10.8 Å². The molecule has 0 aromatic rings. The molecule has 3 aliphatic heterocycles. The number of ether oxygens (including phenoxy) is 2. The summed E-state index contributed by atoms with van der Waals surface area (Å²) in [5, 5.41) is 55.2. The van der Waals surface area contributed by atoms with Gasteiger partial charge in [0, 0.05) is 6.42 Å². The molecule has 4 bridgehead atoms. The van der Waals surface area contributed by atoms with Crippen LogP contribution in [-0.4, -0.2) is 67.1 Å². The molecule has 3 heterocycles. The van der Waals surface area contributed by atoms with Crippen LogP contribution in [0.15, 0.2) is 0 Å². The van der Waals surface area contributed by atoms with Crippen molar-refractivity contribution in [2.45, 2.75) is 75.0 Å². The summed E-state index contributed by atoms with van der Waals surface area (Å²) in [4.78, 5) is 0. The minimum absolute atomic E-state index is 0.131. The highest BCUT2D eigenvalue weighted by Crippen LogP contribution is 2.74. The van der Waals surface area contributed by atoms with Crippen molar-refractivity contribution in [2.75, 3.05) is 6.61 Å². The van der Waals surface area contributed by atoms with Gasteiger partial charge in [0.05, 0.1) is 34.7 Å². The van der Waals surface area contributed by atoms with Crippen molar-refractivity contribution in [3.05, 3.63) is 0 Å². The minimum atomic E-state index is -2.04. The molecule has 0 amide bonds. The fourth-order valence-corrected chi connectivity index (χ4v) is 5.77. The van der Waals surface area contributed by atoms with E-state index in [1.54, 1.807) is 13.8 Å². The quantitative estimate of drug-likeness (QED) is 0.382. The molecule has 5 aliphatic rings. The molecule has 3 saturated heterocycles. The summed E-state index contributed by atoms with van der Waals surface area (Å²) in [7, 11) is 0. The fraction of sp³-hybridized carbons (Fsp3) is 1.00. The largest absolute Gasteiger partial charge is 0.389 e. The molecule has 126 valence electrons. The standard InChI is InChI=1S/C15H24O7/c1-10-7-21-15(20)6-13(8(16)9(22-15)12(10,3)18)11(2,17)4-5-14(10,13)19/h8-9,16-20H,4-7H2,1-3H3/t8-,9-,10-,11+,12+,13-,14+,15+/m1/s1. The van der Waals surface area contributed by atoms with Crippen LogP contribution < -0.4 is 0 Å². The third-order valence-corrected chi connectivity index (χ3v) is 7.45. The maximum atomic E-state index is 11.6. The lowest BCUT2D eigenvalue weighted by Crippen LogP contribution is -2.83. The summed E-state index contributed by atoms with van der Waals surface area (Å²) < 4.78 is 11.0. The summed E-state index contributed by atoms with van der Waals surface area (Å²) in [5.74, 6) is -2.04. The van der Waals surface area contributed by atoms with Crippen LogP contribution in [0.2, 0.25) is 0 Å². The Labute approximate surface area is 128 Å². The number of fused-ring (bicyclic) bond motifs is 1.